The molecule has 5 heteroatoms. The topological polar surface area (TPSA) is 58.0 Å². The lowest BCUT2D eigenvalue weighted by Crippen LogP contribution is -2.31. The highest BCUT2D eigenvalue weighted by Gasteiger charge is 2.22. The first-order valence-corrected chi connectivity index (χ1v) is 7.17. The van der Waals surface area contributed by atoms with Gasteiger partial charge in [-0.15, -0.1) is 0 Å². The molecule has 2 aromatic heterocycles. The van der Waals surface area contributed by atoms with Crippen LogP contribution < -0.4 is 5.32 Å². The average Bonchev–Trinajstić information content (AvgIpc) is 3.12. The number of aromatic amines is 1. The Kier molecular flexibility index (Phi) is 3.71. The Labute approximate surface area is 127 Å². The molecule has 1 atom stereocenters. The zero-order valence-corrected chi connectivity index (χ0v) is 12.4. The minimum atomic E-state index is -0.336. The number of carbonyl (C=O) groups excluding carboxylic acids is 1. The number of hydrogen-bond acceptors (Lipinski definition) is 2. The Bertz CT molecular complexity index is 790. The van der Waals surface area contributed by atoms with Crippen molar-refractivity contribution in [2.24, 2.45) is 5.92 Å². The smallest absolute Gasteiger partial charge is 0.268 e. The number of amides is 1. The van der Waals surface area contributed by atoms with E-state index in [0.29, 0.717) is 17.0 Å². The molecule has 0 fully saturated rings. The van der Waals surface area contributed by atoms with E-state index in [9.17, 15) is 9.18 Å². The second-order valence-electron chi connectivity index (χ2n) is 5.63. The fraction of sp³-hybridized carbons (Fsp3) is 0.235. The van der Waals surface area contributed by atoms with Crippen molar-refractivity contribution < 1.29 is 13.6 Å². The SMILES string of the molecule is CC(C)C(NC(=O)c1cc2ccc(F)cc2[nH]1)c1ccco1. The highest BCUT2D eigenvalue weighted by atomic mass is 19.1. The third kappa shape index (κ3) is 2.74. The van der Waals surface area contributed by atoms with Crippen molar-refractivity contribution in [1.82, 2.24) is 10.3 Å². The fourth-order valence-corrected chi connectivity index (χ4v) is 2.48. The van der Waals surface area contributed by atoms with Crippen LogP contribution in [-0.2, 0) is 0 Å². The van der Waals surface area contributed by atoms with E-state index >= 15 is 0 Å². The van der Waals surface area contributed by atoms with Crippen LogP contribution in [0.3, 0.4) is 0 Å². The first-order valence-electron chi connectivity index (χ1n) is 7.17. The molecule has 2 heterocycles. The maximum absolute atomic E-state index is 13.2. The van der Waals surface area contributed by atoms with Gasteiger partial charge in [0.15, 0.2) is 0 Å². The number of fused-ring (bicyclic) bond motifs is 1. The molecule has 0 spiro atoms. The van der Waals surface area contributed by atoms with Crippen LogP contribution in [0.1, 0.15) is 36.1 Å². The third-order valence-electron chi connectivity index (χ3n) is 3.63. The quantitative estimate of drug-likeness (QED) is 0.764. The van der Waals surface area contributed by atoms with Crippen molar-refractivity contribution in [3.8, 4) is 0 Å². The van der Waals surface area contributed by atoms with Crippen LogP contribution in [0.5, 0.6) is 0 Å². The summed E-state index contributed by atoms with van der Waals surface area (Å²) >= 11 is 0. The number of carbonyl (C=O) groups is 1. The Hall–Kier alpha value is -2.56. The molecule has 4 nitrogen and oxygen atoms in total. The molecule has 0 radical (unpaired) electrons. The predicted octanol–water partition coefficient (Wildman–Crippen LogP) is 4.03. The summed E-state index contributed by atoms with van der Waals surface area (Å²) in [5, 5.41) is 3.75. The molecular weight excluding hydrogens is 283 g/mol. The number of halogens is 1. The molecule has 0 aliphatic carbocycles. The molecular formula is C17H17FN2O2. The van der Waals surface area contributed by atoms with Crippen LogP contribution in [0.15, 0.2) is 47.1 Å². The van der Waals surface area contributed by atoms with Gasteiger partial charge >= 0.3 is 0 Å². The number of H-pyrrole nitrogens is 1. The summed E-state index contributed by atoms with van der Waals surface area (Å²) in [4.78, 5) is 15.4. The molecule has 3 aromatic rings. The Balaban J connectivity index is 1.85. The zero-order valence-electron chi connectivity index (χ0n) is 12.4. The van der Waals surface area contributed by atoms with Gasteiger partial charge in [-0.3, -0.25) is 4.79 Å². The Morgan fingerprint density at radius 2 is 2.09 bits per heavy atom. The van der Waals surface area contributed by atoms with Crippen molar-refractivity contribution in [1.29, 1.82) is 0 Å². The molecule has 0 aliphatic heterocycles. The summed E-state index contributed by atoms with van der Waals surface area (Å²) < 4.78 is 18.6. The number of nitrogens with one attached hydrogen (secondary N) is 2. The van der Waals surface area contributed by atoms with Gasteiger partial charge in [-0.1, -0.05) is 13.8 Å². The largest absolute Gasteiger partial charge is 0.467 e. The highest BCUT2D eigenvalue weighted by Crippen LogP contribution is 2.23. The molecule has 1 aromatic carbocycles. The maximum atomic E-state index is 13.2. The molecule has 0 aliphatic rings. The standard InChI is InChI=1S/C17H17FN2O2/c1-10(2)16(15-4-3-7-22-15)20-17(21)14-8-11-5-6-12(18)9-13(11)19-14/h3-10,16,19H,1-2H3,(H,20,21). The second kappa shape index (κ2) is 5.67. The third-order valence-corrected chi connectivity index (χ3v) is 3.63. The van der Waals surface area contributed by atoms with Crippen molar-refractivity contribution >= 4 is 16.8 Å². The summed E-state index contributed by atoms with van der Waals surface area (Å²) in [5.41, 5.74) is 1.00. The number of aromatic nitrogens is 1. The molecule has 22 heavy (non-hydrogen) atoms. The monoisotopic (exact) mass is 300 g/mol. The van der Waals surface area contributed by atoms with Crippen LogP contribution in [-0.4, -0.2) is 10.9 Å². The molecule has 0 saturated carbocycles. The molecule has 1 unspecified atom stereocenters. The van der Waals surface area contributed by atoms with E-state index in [1.165, 1.54) is 12.1 Å². The van der Waals surface area contributed by atoms with Crippen LogP contribution >= 0.6 is 0 Å². The van der Waals surface area contributed by atoms with Gasteiger partial charge in [0.1, 0.15) is 17.3 Å². The molecule has 3 rings (SSSR count). The van der Waals surface area contributed by atoms with Gasteiger partial charge in [-0.25, -0.2) is 4.39 Å². The van der Waals surface area contributed by atoms with E-state index in [2.05, 4.69) is 10.3 Å². The van der Waals surface area contributed by atoms with Gasteiger partial charge in [-0.05, 0) is 42.3 Å². The van der Waals surface area contributed by atoms with Crippen LogP contribution in [0.2, 0.25) is 0 Å². The first kappa shape index (κ1) is 14.4. The molecule has 0 saturated heterocycles. The van der Waals surface area contributed by atoms with Gasteiger partial charge in [-0.2, -0.15) is 0 Å². The van der Waals surface area contributed by atoms with E-state index < -0.39 is 0 Å². The van der Waals surface area contributed by atoms with Crippen molar-refractivity contribution in [3.63, 3.8) is 0 Å². The maximum Gasteiger partial charge on any atom is 0.268 e. The van der Waals surface area contributed by atoms with Crippen molar-refractivity contribution in [2.75, 3.05) is 0 Å². The van der Waals surface area contributed by atoms with Gasteiger partial charge < -0.3 is 14.7 Å². The van der Waals surface area contributed by atoms with Crippen molar-refractivity contribution in [2.45, 2.75) is 19.9 Å². The summed E-state index contributed by atoms with van der Waals surface area (Å²) in [5.74, 6) is 0.311. The normalized spacial score (nSPS) is 12.7. The highest BCUT2D eigenvalue weighted by molar-refractivity contribution is 5.98. The lowest BCUT2D eigenvalue weighted by molar-refractivity contribution is 0.0914. The van der Waals surface area contributed by atoms with Gasteiger partial charge in [0, 0.05) is 10.9 Å². The zero-order chi connectivity index (χ0) is 15.7. The lowest BCUT2D eigenvalue weighted by atomic mass is 10.0. The first-order chi connectivity index (χ1) is 10.5. The molecule has 2 N–H and O–H groups in total. The number of furan rings is 1. The summed E-state index contributed by atoms with van der Waals surface area (Å²) in [7, 11) is 0. The fourth-order valence-electron chi connectivity index (χ4n) is 2.48. The predicted molar refractivity (Wildman–Crippen MR) is 82.0 cm³/mol. The molecule has 1 amide bonds. The van der Waals surface area contributed by atoms with E-state index in [1.807, 2.05) is 19.9 Å². The minimum absolute atomic E-state index is 0.178. The molecule has 0 bridgehead atoms. The second-order valence-corrected chi connectivity index (χ2v) is 5.63. The van der Waals surface area contributed by atoms with Crippen LogP contribution in [0.4, 0.5) is 4.39 Å². The van der Waals surface area contributed by atoms with Gasteiger partial charge in [0.25, 0.3) is 5.91 Å². The number of rotatable bonds is 4. The van der Waals surface area contributed by atoms with Crippen LogP contribution in [0, 0.1) is 11.7 Å². The Morgan fingerprint density at radius 1 is 1.27 bits per heavy atom. The summed E-state index contributed by atoms with van der Waals surface area (Å²) in [6, 6.07) is 9.52. The number of hydrogen-bond donors (Lipinski definition) is 2. The van der Waals surface area contributed by atoms with E-state index in [1.54, 1.807) is 24.5 Å². The number of benzene rings is 1. The van der Waals surface area contributed by atoms with Crippen LogP contribution in [0.25, 0.3) is 10.9 Å². The lowest BCUT2D eigenvalue weighted by Gasteiger charge is -2.19. The van der Waals surface area contributed by atoms with E-state index in [4.69, 9.17) is 4.42 Å². The minimum Gasteiger partial charge on any atom is -0.467 e. The van der Waals surface area contributed by atoms with E-state index in [0.717, 1.165) is 5.39 Å². The summed E-state index contributed by atoms with van der Waals surface area (Å²) in [6.45, 7) is 4.02. The Morgan fingerprint density at radius 3 is 2.77 bits per heavy atom. The van der Waals surface area contributed by atoms with Gasteiger partial charge in [0.05, 0.1) is 12.3 Å². The van der Waals surface area contributed by atoms with Gasteiger partial charge in [0.2, 0.25) is 0 Å². The summed E-state index contributed by atoms with van der Waals surface area (Å²) in [6.07, 6.45) is 1.59. The van der Waals surface area contributed by atoms with Crippen molar-refractivity contribution in [3.05, 3.63) is 59.9 Å². The average molecular weight is 300 g/mol. The molecule has 114 valence electrons. The van der Waals surface area contributed by atoms with E-state index in [-0.39, 0.29) is 23.7 Å².